The van der Waals surface area contributed by atoms with Crippen molar-refractivity contribution in [3.8, 4) is 5.75 Å². The summed E-state index contributed by atoms with van der Waals surface area (Å²) in [4.78, 5) is 12.7. The molecule has 0 unspecified atom stereocenters. The van der Waals surface area contributed by atoms with Crippen molar-refractivity contribution in [1.82, 2.24) is 4.72 Å². The minimum absolute atomic E-state index is 0.0628. The van der Waals surface area contributed by atoms with Crippen LogP contribution < -0.4 is 14.8 Å². The van der Waals surface area contributed by atoms with E-state index < -0.39 is 39.3 Å². The van der Waals surface area contributed by atoms with Crippen LogP contribution in [0.5, 0.6) is 5.75 Å². The van der Waals surface area contributed by atoms with Crippen molar-refractivity contribution < 1.29 is 26.7 Å². The number of methoxy groups -OCH3 is 1. The number of benzene rings is 3. The fourth-order valence-electron chi connectivity index (χ4n) is 2.93. The van der Waals surface area contributed by atoms with Crippen molar-refractivity contribution in [2.45, 2.75) is 17.4 Å². The highest BCUT2D eigenvalue weighted by atomic mass is 35.5. The number of carbonyl (C=O) groups is 1. The summed E-state index contributed by atoms with van der Waals surface area (Å²) in [6.45, 7) is 0. The summed E-state index contributed by atoms with van der Waals surface area (Å²) in [6, 6.07) is 14.2. The molecular formula is C22H19ClF2N2O4S. The van der Waals surface area contributed by atoms with Crippen molar-refractivity contribution in [2.24, 2.45) is 0 Å². The van der Waals surface area contributed by atoms with Crippen LogP contribution in [-0.2, 0) is 21.2 Å². The average molecular weight is 481 g/mol. The van der Waals surface area contributed by atoms with E-state index in [0.29, 0.717) is 5.56 Å². The van der Waals surface area contributed by atoms with Crippen LogP contribution >= 0.6 is 11.6 Å². The van der Waals surface area contributed by atoms with E-state index in [9.17, 15) is 22.0 Å². The van der Waals surface area contributed by atoms with Crippen LogP contribution in [0.15, 0.2) is 71.6 Å². The van der Waals surface area contributed by atoms with Gasteiger partial charge in [-0.3, -0.25) is 4.79 Å². The molecule has 0 saturated carbocycles. The number of para-hydroxylation sites is 1. The molecule has 0 aliphatic rings. The minimum Gasteiger partial charge on any atom is -0.495 e. The number of ether oxygens (including phenoxy) is 1. The second kappa shape index (κ2) is 10.1. The Morgan fingerprint density at radius 2 is 1.69 bits per heavy atom. The van der Waals surface area contributed by atoms with Gasteiger partial charge in [0.25, 0.3) is 0 Å². The lowest BCUT2D eigenvalue weighted by atomic mass is 10.1. The molecule has 168 valence electrons. The van der Waals surface area contributed by atoms with E-state index in [1.807, 2.05) is 0 Å². The molecule has 32 heavy (non-hydrogen) atoms. The Morgan fingerprint density at radius 3 is 2.28 bits per heavy atom. The third kappa shape index (κ3) is 5.61. The maximum Gasteiger partial charge on any atom is 0.243 e. The Morgan fingerprint density at radius 1 is 1.03 bits per heavy atom. The van der Waals surface area contributed by atoms with Gasteiger partial charge in [0, 0.05) is 0 Å². The van der Waals surface area contributed by atoms with Gasteiger partial charge in [-0.2, -0.15) is 4.72 Å². The predicted molar refractivity (Wildman–Crippen MR) is 117 cm³/mol. The van der Waals surface area contributed by atoms with Gasteiger partial charge in [-0.15, -0.1) is 0 Å². The molecule has 0 aromatic heterocycles. The van der Waals surface area contributed by atoms with Crippen LogP contribution in [0.4, 0.5) is 14.5 Å². The van der Waals surface area contributed by atoms with Crippen molar-refractivity contribution in [1.29, 1.82) is 0 Å². The number of sulfonamides is 1. The van der Waals surface area contributed by atoms with E-state index in [1.54, 1.807) is 30.3 Å². The Bertz CT molecular complexity index is 1200. The van der Waals surface area contributed by atoms with Gasteiger partial charge >= 0.3 is 0 Å². The van der Waals surface area contributed by atoms with Crippen molar-refractivity contribution in [3.63, 3.8) is 0 Å². The smallest absolute Gasteiger partial charge is 0.243 e. The largest absolute Gasteiger partial charge is 0.495 e. The molecule has 0 heterocycles. The molecule has 3 aromatic rings. The summed E-state index contributed by atoms with van der Waals surface area (Å²) in [6.07, 6.45) is -0.0636. The Hall–Kier alpha value is -3.01. The SMILES string of the molecule is COc1ccc(S(=O)(=O)N[C@@H](Cc2ccccc2)C(=O)Nc2c(F)cccc2F)cc1Cl. The van der Waals surface area contributed by atoms with E-state index in [4.69, 9.17) is 16.3 Å². The molecular weight excluding hydrogens is 462 g/mol. The molecule has 3 aromatic carbocycles. The van der Waals surface area contributed by atoms with Crippen LogP contribution in [0.1, 0.15) is 5.56 Å². The van der Waals surface area contributed by atoms with Crippen molar-refractivity contribution >= 4 is 33.2 Å². The van der Waals surface area contributed by atoms with Gasteiger partial charge in [0.05, 0.1) is 17.0 Å². The number of anilines is 1. The van der Waals surface area contributed by atoms with Crippen molar-refractivity contribution in [2.75, 3.05) is 12.4 Å². The molecule has 0 aliphatic heterocycles. The first-order chi connectivity index (χ1) is 15.2. The first kappa shape index (κ1) is 23.6. The zero-order valence-corrected chi connectivity index (χ0v) is 18.4. The zero-order chi connectivity index (χ0) is 23.3. The van der Waals surface area contributed by atoms with Gasteiger partial charge < -0.3 is 10.1 Å². The summed E-state index contributed by atoms with van der Waals surface area (Å²) in [5.41, 5.74) is -0.0284. The first-order valence-corrected chi connectivity index (χ1v) is 11.2. The molecule has 0 saturated heterocycles. The summed E-state index contributed by atoms with van der Waals surface area (Å²) < 4.78 is 61.2. The van der Waals surface area contributed by atoms with Gasteiger partial charge in [0.2, 0.25) is 15.9 Å². The minimum atomic E-state index is -4.22. The molecule has 10 heteroatoms. The Balaban J connectivity index is 1.92. The van der Waals surface area contributed by atoms with Crippen LogP contribution in [-0.4, -0.2) is 27.5 Å². The topological polar surface area (TPSA) is 84.5 Å². The van der Waals surface area contributed by atoms with Crippen molar-refractivity contribution in [3.05, 3.63) is 89.0 Å². The lowest BCUT2D eigenvalue weighted by molar-refractivity contribution is -0.117. The quantitative estimate of drug-likeness (QED) is 0.507. The second-order valence-electron chi connectivity index (χ2n) is 6.75. The molecule has 3 rings (SSSR count). The molecule has 0 bridgehead atoms. The van der Waals surface area contributed by atoms with Gasteiger partial charge in [-0.1, -0.05) is 48.0 Å². The number of hydrogen-bond acceptors (Lipinski definition) is 4. The summed E-state index contributed by atoms with van der Waals surface area (Å²) >= 11 is 6.03. The molecule has 1 atom stereocenters. The molecule has 0 spiro atoms. The van der Waals surface area contributed by atoms with Crippen LogP contribution in [0, 0.1) is 11.6 Å². The van der Waals surface area contributed by atoms with Crippen LogP contribution in [0.3, 0.4) is 0 Å². The fourth-order valence-corrected chi connectivity index (χ4v) is 4.48. The summed E-state index contributed by atoms with van der Waals surface area (Å²) in [5, 5.41) is 2.20. The highest BCUT2D eigenvalue weighted by Gasteiger charge is 2.28. The standard InChI is InChI=1S/C22H19ClF2N2O4S/c1-31-20-11-10-15(13-16(20)23)32(29,30)27-19(12-14-6-3-2-4-7-14)22(28)26-21-17(24)8-5-9-18(21)25/h2-11,13,19,27H,12H2,1H3,(H,26,28)/t19-/m0/s1. The zero-order valence-electron chi connectivity index (χ0n) is 16.8. The highest BCUT2D eigenvalue weighted by Crippen LogP contribution is 2.27. The number of halogens is 3. The predicted octanol–water partition coefficient (Wildman–Crippen LogP) is 4.16. The molecule has 2 N–H and O–H groups in total. The van der Waals surface area contributed by atoms with Gasteiger partial charge in [-0.25, -0.2) is 17.2 Å². The van der Waals surface area contributed by atoms with E-state index >= 15 is 0 Å². The number of hydrogen-bond donors (Lipinski definition) is 2. The molecule has 1 amide bonds. The molecule has 6 nitrogen and oxygen atoms in total. The normalized spacial score (nSPS) is 12.2. The van der Waals surface area contributed by atoms with E-state index in [2.05, 4.69) is 10.0 Å². The van der Waals surface area contributed by atoms with Gasteiger partial charge in [-0.05, 0) is 42.3 Å². The van der Waals surface area contributed by atoms with E-state index in [-0.39, 0.29) is 22.1 Å². The monoisotopic (exact) mass is 480 g/mol. The average Bonchev–Trinajstić information content (AvgIpc) is 2.76. The number of nitrogens with one attached hydrogen (secondary N) is 2. The van der Waals surface area contributed by atoms with Gasteiger partial charge in [0.1, 0.15) is 29.1 Å². The first-order valence-electron chi connectivity index (χ1n) is 9.36. The number of amides is 1. The maximum atomic E-state index is 14.0. The fraction of sp³-hybridized carbons (Fsp3) is 0.136. The van der Waals surface area contributed by atoms with E-state index in [0.717, 1.165) is 18.2 Å². The summed E-state index contributed by atoms with van der Waals surface area (Å²) in [7, 11) is -2.84. The number of carbonyl (C=O) groups excluding carboxylic acids is 1. The second-order valence-corrected chi connectivity index (χ2v) is 8.87. The molecule has 0 radical (unpaired) electrons. The lowest BCUT2D eigenvalue weighted by Crippen LogP contribution is -2.45. The third-order valence-electron chi connectivity index (χ3n) is 4.54. The maximum absolute atomic E-state index is 14.0. The lowest BCUT2D eigenvalue weighted by Gasteiger charge is -2.19. The highest BCUT2D eigenvalue weighted by molar-refractivity contribution is 7.89. The third-order valence-corrected chi connectivity index (χ3v) is 6.31. The summed E-state index contributed by atoms with van der Waals surface area (Å²) in [5.74, 6) is -2.62. The Kier molecular flexibility index (Phi) is 7.44. The van der Waals surface area contributed by atoms with Crippen LogP contribution in [0.2, 0.25) is 5.02 Å². The Labute approximate surface area is 189 Å². The number of rotatable bonds is 8. The molecule has 0 fully saturated rings. The van der Waals surface area contributed by atoms with E-state index in [1.165, 1.54) is 25.3 Å². The molecule has 0 aliphatic carbocycles. The van der Waals surface area contributed by atoms with Crippen LogP contribution in [0.25, 0.3) is 0 Å². The van der Waals surface area contributed by atoms with Gasteiger partial charge in [0.15, 0.2) is 0 Å².